The summed E-state index contributed by atoms with van der Waals surface area (Å²) in [5.41, 5.74) is 2.94. The maximum absolute atomic E-state index is 13.7. The Hall–Kier alpha value is -2.38. The lowest BCUT2D eigenvalue weighted by molar-refractivity contribution is -0.123. The van der Waals surface area contributed by atoms with Gasteiger partial charge in [0.25, 0.3) is 0 Å². The van der Waals surface area contributed by atoms with Gasteiger partial charge in [-0.25, -0.2) is 8.42 Å². The minimum Gasteiger partial charge on any atom is -0.308 e. The first kappa shape index (κ1) is 24.7. The van der Waals surface area contributed by atoms with Crippen LogP contribution in [0.25, 0.3) is 0 Å². The summed E-state index contributed by atoms with van der Waals surface area (Å²) in [5.74, 6) is -0.278. The van der Waals surface area contributed by atoms with Crippen LogP contribution in [0, 0.1) is 12.8 Å². The van der Waals surface area contributed by atoms with Gasteiger partial charge >= 0.3 is 0 Å². The van der Waals surface area contributed by atoms with Crippen molar-refractivity contribution in [1.82, 2.24) is 4.31 Å². The summed E-state index contributed by atoms with van der Waals surface area (Å²) < 4.78 is 27.8. The van der Waals surface area contributed by atoms with E-state index >= 15 is 0 Å². The number of halogens is 2. The fraction of sp³-hybridized carbons (Fsp3) is 0.269. The Labute approximate surface area is 211 Å². The molecular weight excluding hydrogens is 491 g/mol. The first-order valence-electron chi connectivity index (χ1n) is 11.1. The first-order chi connectivity index (χ1) is 16.3. The van der Waals surface area contributed by atoms with Crippen LogP contribution >= 0.6 is 23.2 Å². The molecule has 0 N–H and O–H groups in total. The van der Waals surface area contributed by atoms with Gasteiger partial charge in [0.2, 0.25) is 15.9 Å². The number of carbonyl (C=O) groups is 1. The summed E-state index contributed by atoms with van der Waals surface area (Å²) in [4.78, 5) is 15.4. The van der Waals surface area contributed by atoms with Gasteiger partial charge in [-0.3, -0.25) is 4.79 Å². The fourth-order valence-corrected chi connectivity index (χ4v) is 6.84. The molecular formula is C26H26Cl2N2O3S. The molecule has 8 heteroatoms. The molecule has 34 heavy (non-hydrogen) atoms. The molecule has 178 valence electrons. The van der Waals surface area contributed by atoms with E-state index in [-0.39, 0.29) is 39.9 Å². The molecule has 1 aliphatic heterocycles. The van der Waals surface area contributed by atoms with Crippen LogP contribution in [0.3, 0.4) is 0 Å². The van der Waals surface area contributed by atoms with Crippen LogP contribution in [0.2, 0.25) is 10.0 Å². The molecule has 1 saturated heterocycles. The van der Waals surface area contributed by atoms with E-state index < -0.39 is 10.0 Å². The third kappa shape index (κ3) is 5.31. The van der Waals surface area contributed by atoms with Crippen LogP contribution in [0.5, 0.6) is 0 Å². The van der Waals surface area contributed by atoms with Gasteiger partial charge in [0.05, 0.1) is 16.6 Å². The Bertz CT molecular complexity index is 1250. The molecule has 0 saturated carbocycles. The van der Waals surface area contributed by atoms with E-state index in [1.807, 2.05) is 66.4 Å². The molecule has 0 atom stereocenters. The van der Waals surface area contributed by atoms with Crippen LogP contribution < -0.4 is 4.90 Å². The monoisotopic (exact) mass is 516 g/mol. The normalized spacial score (nSPS) is 15.3. The highest BCUT2D eigenvalue weighted by Gasteiger charge is 2.36. The number of aryl methyl sites for hydroxylation is 1. The van der Waals surface area contributed by atoms with Crippen molar-refractivity contribution >= 4 is 44.8 Å². The average Bonchev–Trinajstić information content (AvgIpc) is 2.82. The Morgan fingerprint density at radius 1 is 0.941 bits per heavy atom. The standard InChI is InChI=1S/C26H26Cl2N2O3S/c1-19-7-5-10-22(17-19)30(18-20-8-3-2-4-9-20)26(31)21-13-15-29(16-14-21)34(32,33)25-23(27)11-6-12-24(25)28/h2-12,17,21H,13-16,18H2,1H3. The highest BCUT2D eigenvalue weighted by atomic mass is 35.5. The van der Waals surface area contributed by atoms with Crippen LogP contribution in [-0.2, 0) is 21.4 Å². The molecule has 3 aromatic rings. The molecule has 1 heterocycles. The largest absolute Gasteiger partial charge is 0.308 e. The number of anilines is 1. The number of rotatable bonds is 6. The minimum atomic E-state index is -3.85. The Balaban J connectivity index is 1.53. The van der Waals surface area contributed by atoms with E-state index in [0.717, 1.165) is 16.8 Å². The third-order valence-electron chi connectivity index (χ3n) is 6.08. The summed E-state index contributed by atoms with van der Waals surface area (Å²) >= 11 is 12.3. The fourth-order valence-electron chi connectivity index (χ4n) is 4.28. The highest BCUT2D eigenvalue weighted by molar-refractivity contribution is 7.89. The quantitative estimate of drug-likeness (QED) is 0.407. The Morgan fingerprint density at radius 2 is 1.56 bits per heavy atom. The second-order valence-corrected chi connectivity index (χ2v) is 11.2. The zero-order valence-corrected chi connectivity index (χ0v) is 21.2. The SMILES string of the molecule is Cc1cccc(N(Cc2ccccc2)C(=O)C2CCN(S(=O)(=O)c3c(Cl)cccc3Cl)CC2)c1. The van der Waals surface area contributed by atoms with Gasteiger partial charge in [0, 0.05) is 24.7 Å². The number of hydrogen-bond donors (Lipinski definition) is 0. The predicted octanol–water partition coefficient (Wildman–Crippen LogP) is 5.94. The average molecular weight is 517 g/mol. The Morgan fingerprint density at radius 3 is 2.18 bits per heavy atom. The molecule has 0 bridgehead atoms. The molecule has 0 spiro atoms. The zero-order valence-electron chi connectivity index (χ0n) is 18.8. The van der Waals surface area contributed by atoms with E-state index in [0.29, 0.717) is 19.4 Å². The summed E-state index contributed by atoms with van der Waals surface area (Å²) in [7, 11) is -3.85. The molecule has 1 aliphatic rings. The zero-order chi connectivity index (χ0) is 24.3. The topological polar surface area (TPSA) is 57.7 Å². The van der Waals surface area contributed by atoms with Crippen molar-refractivity contribution < 1.29 is 13.2 Å². The van der Waals surface area contributed by atoms with Crippen molar-refractivity contribution in [3.05, 3.63) is 94.0 Å². The minimum absolute atomic E-state index is 0.00211. The summed E-state index contributed by atoms with van der Waals surface area (Å²) in [5, 5.41) is 0.193. The van der Waals surface area contributed by atoms with Crippen molar-refractivity contribution in [1.29, 1.82) is 0 Å². The van der Waals surface area contributed by atoms with Crippen LogP contribution in [0.4, 0.5) is 5.69 Å². The second kappa shape index (κ2) is 10.5. The lowest BCUT2D eigenvalue weighted by atomic mass is 9.96. The number of carbonyl (C=O) groups excluding carboxylic acids is 1. The lowest BCUT2D eigenvalue weighted by Gasteiger charge is -2.34. The number of piperidine rings is 1. The second-order valence-electron chi connectivity index (χ2n) is 8.48. The van der Waals surface area contributed by atoms with Crippen molar-refractivity contribution in [2.45, 2.75) is 31.2 Å². The molecule has 0 unspecified atom stereocenters. The van der Waals surface area contributed by atoms with E-state index in [4.69, 9.17) is 23.2 Å². The van der Waals surface area contributed by atoms with Gasteiger partial charge in [0.1, 0.15) is 4.90 Å². The van der Waals surface area contributed by atoms with Gasteiger partial charge in [-0.1, -0.05) is 71.7 Å². The summed E-state index contributed by atoms with van der Waals surface area (Å²) in [6.45, 7) is 2.91. The van der Waals surface area contributed by atoms with Crippen molar-refractivity contribution in [2.75, 3.05) is 18.0 Å². The van der Waals surface area contributed by atoms with Crippen molar-refractivity contribution in [3.8, 4) is 0 Å². The molecule has 1 fully saturated rings. The smallest absolute Gasteiger partial charge is 0.246 e. The van der Waals surface area contributed by atoms with E-state index in [2.05, 4.69) is 0 Å². The van der Waals surface area contributed by atoms with E-state index in [9.17, 15) is 13.2 Å². The molecule has 0 radical (unpaired) electrons. The maximum atomic E-state index is 13.7. The maximum Gasteiger partial charge on any atom is 0.246 e. The number of hydrogen-bond acceptors (Lipinski definition) is 3. The third-order valence-corrected chi connectivity index (χ3v) is 8.94. The van der Waals surface area contributed by atoms with Gasteiger partial charge in [-0.05, 0) is 55.2 Å². The Kier molecular flexibility index (Phi) is 7.63. The van der Waals surface area contributed by atoms with Crippen LogP contribution in [0.15, 0.2) is 77.7 Å². The van der Waals surface area contributed by atoms with E-state index in [1.165, 1.54) is 16.4 Å². The van der Waals surface area contributed by atoms with Gasteiger partial charge in [-0.15, -0.1) is 0 Å². The van der Waals surface area contributed by atoms with Crippen LogP contribution in [0.1, 0.15) is 24.0 Å². The number of benzene rings is 3. The summed E-state index contributed by atoms with van der Waals surface area (Å²) in [6, 6.07) is 22.4. The highest BCUT2D eigenvalue weighted by Crippen LogP contribution is 2.34. The summed E-state index contributed by atoms with van der Waals surface area (Å²) in [6.07, 6.45) is 0.856. The first-order valence-corrected chi connectivity index (χ1v) is 13.3. The number of amides is 1. The number of nitrogens with zero attached hydrogens (tertiary/aromatic N) is 2. The van der Waals surface area contributed by atoms with E-state index in [1.54, 1.807) is 6.07 Å². The predicted molar refractivity (Wildman–Crippen MR) is 137 cm³/mol. The molecule has 3 aromatic carbocycles. The van der Waals surface area contributed by atoms with Crippen LogP contribution in [-0.4, -0.2) is 31.7 Å². The van der Waals surface area contributed by atoms with Gasteiger partial charge in [-0.2, -0.15) is 4.31 Å². The molecule has 0 aromatic heterocycles. The molecule has 1 amide bonds. The molecule has 4 rings (SSSR count). The molecule has 5 nitrogen and oxygen atoms in total. The van der Waals surface area contributed by atoms with Crippen molar-refractivity contribution in [3.63, 3.8) is 0 Å². The molecule has 0 aliphatic carbocycles. The number of sulfonamides is 1. The van der Waals surface area contributed by atoms with Gasteiger partial charge in [0.15, 0.2) is 0 Å². The van der Waals surface area contributed by atoms with Crippen molar-refractivity contribution in [2.24, 2.45) is 5.92 Å². The van der Waals surface area contributed by atoms with Gasteiger partial charge < -0.3 is 4.90 Å². The lowest BCUT2D eigenvalue weighted by Crippen LogP contribution is -2.44.